The summed E-state index contributed by atoms with van der Waals surface area (Å²) in [4.78, 5) is 15.7. The molecule has 0 aliphatic heterocycles. The molecule has 0 radical (unpaired) electrons. The smallest absolute Gasteiger partial charge is 0.241 e. The van der Waals surface area contributed by atoms with E-state index in [2.05, 4.69) is 10.3 Å². The average Bonchev–Trinajstić information content (AvgIpc) is 2.36. The Morgan fingerprint density at radius 2 is 2.41 bits per heavy atom. The van der Waals surface area contributed by atoms with Crippen LogP contribution in [0.25, 0.3) is 0 Å². The molecule has 17 heavy (non-hydrogen) atoms. The molecular formula is C11H17N3O2S. The Bertz CT molecular complexity index is 356. The van der Waals surface area contributed by atoms with Crippen molar-refractivity contribution in [1.29, 1.82) is 0 Å². The predicted octanol–water partition coefficient (Wildman–Crippen LogP) is 1.11. The van der Waals surface area contributed by atoms with Crippen LogP contribution in [0.1, 0.15) is 6.42 Å². The van der Waals surface area contributed by atoms with Crippen LogP contribution in [-0.2, 0) is 4.79 Å². The zero-order valence-corrected chi connectivity index (χ0v) is 10.8. The van der Waals surface area contributed by atoms with Gasteiger partial charge in [-0.1, -0.05) is 0 Å². The summed E-state index contributed by atoms with van der Waals surface area (Å²) in [7, 11) is 1.54. The lowest BCUT2D eigenvalue weighted by molar-refractivity contribution is -0.117. The van der Waals surface area contributed by atoms with E-state index >= 15 is 0 Å². The first-order chi connectivity index (χ1) is 8.17. The number of nitrogens with zero attached hydrogens (tertiary/aromatic N) is 1. The fourth-order valence-corrected chi connectivity index (χ4v) is 1.68. The first kappa shape index (κ1) is 13.8. The third kappa shape index (κ3) is 4.62. The molecule has 0 saturated heterocycles. The van der Waals surface area contributed by atoms with Crippen LogP contribution < -0.4 is 15.8 Å². The van der Waals surface area contributed by atoms with E-state index < -0.39 is 6.04 Å². The number of ether oxygens (including phenoxy) is 1. The quantitative estimate of drug-likeness (QED) is 0.796. The number of thioether (sulfide) groups is 1. The van der Waals surface area contributed by atoms with Gasteiger partial charge in [-0.25, -0.2) is 4.98 Å². The van der Waals surface area contributed by atoms with Gasteiger partial charge in [0.25, 0.3) is 0 Å². The summed E-state index contributed by atoms with van der Waals surface area (Å²) in [6.07, 6.45) is 4.19. The Labute approximate surface area is 105 Å². The summed E-state index contributed by atoms with van der Waals surface area (Å²) in [5.41, 5.74) is 6.36. The molecule has 0 aliphatic carbocycles. The van der Waals surface area contributed by atoms with E-state index in [0.717, 1.165) is 5.75 Å². The molecule has 0 aromatic carbocycles. The van der Waals surface area contributed by atoms with Gasteiger partial charge in [0.15, 0.2) is 0 Å². The number of nitrogens with two attached hydrogens (primary N) is 1. The van der Waals surface area contributed by atoms with Crippen molar-refractivity contribution in [3.05, 3.63) is 18.3 Å². The Morgan fingerprint density at radius 3 is 2.94 bits per heavy atom. The third-order valence-corrected chi connectivity index (χ3v) is 2.83. The number of nitrogens with one attached hydrogen (secondary N) is 1. The van der Waals surface area contributed by atoms with Crippen molar-refractivity contribution in [2.75, 3.05) is 24.4 Å². The van der Waals surface area contributed by atoms with E-state index in [-0.39, 0.29) is 5.91 Å². The molecule has 0 fully saturated rings. The fourth-order valence-electron chi connectivity index (χ4n) is 1.19. The average molecular weight is 255 g/mol. The molecule has 1 rings (SSSR count). The lowest BCUT2D eigenvalue weighted by Crippen LogP contribution is -2.36. The predicted molar refractivity (Wildman–Crippen MR) is 70.4 cm³/mol. The second kappa shape index (κ2) is 7.13. The van der Waals surface area contributed by atoms with Crippen LogP contribution in [0.15, 0.2) is 18.3 Å². The number of amides is 1. The molecule has 0 bridgehead atoms. The SMILES string of the molecule is COc1ccc(NC(=O)[C@H](N)CCSC)cn1. The third-order valence-electron chi connectivity index (χ3n) is 2.18. The molecule has 0 spiro atoms. The van der Waals surface area contributed by atoms with E-state index in [0.29, 0.717) is 18.0 Å². The zero-order valence-electron chi connectivity index (χ0n) is 9.97. The highest BCUT2D eigenvalue weighted by atomic mass is 32.2. The maximum Gasteiger partial charge on any atom is 0.241 e. The second-order valence-electron chi connectivity index (χ2n) is 3.47. The van der Waals surface area contributed by atoms with Gasteiger partial charge in [0.05, 0.1) is 25.0 Å². The normalized spacial score (nSPS) is 11.9. The number of hydrogen-bond donors (Lipinski definition) is 2. The summed E-state index contributed by atoms with van der Waals surface area (Å²) in [6.45, 7) is 0. The molecule has 1 heterocycles. The maximum atomic E-state index is 11.7. The summed E-state index contributed by atoms with van der Waals surface area (Å²) >= 11 is 1.67. The minimum absolute atomic E-state index is 0.189. The topological polar surface area (TPSA) is 77.2 Å². The van der Waals surface area contributed by atoms with Crippen LogP contribution in [0.3, 0.4) is 0 Å². The van der Waals surface area contributed by atoms with Crippen LogP contribution in [0.5, 0.6) is 5.88 Å². The number of carbonyl (C=O) groups excluding carboxylic acids is 1. The molecule has 0 saturated carbocycles. The van der Waals surface area contributed by atoms with Gasteiger partial charge in [-0.2, -0.15) is 11.8 Å². The molecule has 0 aliphatic rings. The summed E-state index contributed by atoms with van der Waals surface area (Å²) in [6, 6.07) is 2.93. The summed E-state index contributed by atoms with van der Waals surface area (Å²) in [5, 5.41) is 2.71. The molecule has 94 valence electrons. The highest BCUT2D eigenvalue weighted by Crippen LogP contribution is 2.11. The van der Waals surface area contributed by atoms with Crippen LogP contribution >= 0.6 is 11.8 Å². The van der Waals surface area contributed by atoms with Crippen molar-refractivity contribution in [1.82, 2.24) is 4.98 Å². The van der Waals surface area contributed by atoms with E-state index in [1.807, 2.05) is 6.26 Å². The first-order valence-electron chi connectivity index (χ1n) is 5.22. The second-order valence-corrected chi connectivity index (χ2v) is 4.45. The molecule has 1 aromatic rings. The highest BCUT2D eigenvalue weighted by Gasteiger charge is 2.12. The number of methoxy groups -OCH3 is 1. The fraction of sp³-hybridized carbons (Fsp3) is 0.455. The minimum atomic E-state index is -0.482. The number of hydrogen-bond acceptors (Lipinski definition) is 5. The Morgan fingerprint density at radius 1 is 1.65 bits per heavy atom. The van der Waals surface area contributed by atoms with Crippen molar-refractivity contribution >= 4 is 23.4 Å². The lowest BCUT2D eigenvalue weighted by Gasteiger charge is -2.11. The van der Waals surface area contributed by atoms with E-state index in [1.54, 1.807) is 31.0 Å². The summed E-state index contributed by atoms with van der Waals surface area (Å²) in [5.74, 6) is 1.19. The molecular weight excluding hydrogens is 238 g/mol. The van der Waals surface area contributed by atoms with E-state index in [4.69, 9.17) is 10.5 Å². The number of aromatic nitrogens is 1. The van der Waals surface area contributed by atoms with Gasteiger partial charge in [-0.3, -0.25) is 4.79 Å². The summed E-state index contributed by atoms with van der Waals surface area (Å²) < 4.78 is 4.92. The van der Waals surface area contributed by atoms with Crippen LogP contribution in [0, 0.1) is 0 Å². The molecule has 3 N–H and O–H groups in total. The van der Waals surface area contributed by atoms with Gasteiger partial charge in [-0.15, -0.1) is 0 Å². The molecule has 5 nitrogen and oxygen atoms in total. The van der Waals surface area contributed by atoms with Crippen molar-refractivity contribution < 1.29 is 9.53 Å². The highest BCUT2D eigenvalue weighted by molar-refractivity contribution is 7.98. The Balaban J connectivity index is 2.49. The number of pyridine rings is 1. The van der Waals surface area contributed by atoms with Crippen LogP contribution in [0.4, 0.5) is 5.69 Å². The molecule has 1 amide bonds. The molecule has 1 aromatic heterocycles. The standard InChI is InChI=1S/C11H17N3O2S/c1-16-10-4-3-8(7-13-10)14-11(15)9(12)5-6-17-2/h3-4,7,9H,5-6,12H2,1-2H3,(H,14,15)/t9-/m1/s1. The molecule has 1 atom stereocenters. The van der Waals surface area contributed by atoms with Crippen molar-refractivity contribution in [2.24, 2.45) is 5.73 Å². The van der Waals surface area contributed by atoms with Gasteiger partial charge in [-0.05, 0) is 24.5 Å². The van der Waals surface area contributed by atoms with Crippen molar-refractivity contribution in [2.45, 2.75) is 12.5 Å². The maximum absolute atomic E-state index is 11.7. The monoisotopic (exact) mass is 255 g/mol. The zero-order chi connectivity index (χ0) is 12.7. The lowest BCUT2D eigenvalue weighted by atomic mass is 10.2. The number of anilines is 1. The minimum Gasteiger partial charge on any atom is -0.481 e. The van der Waals surface area contributed by atoms with Gasteiger partial charge >= 0.3 is 0 Å². The van der Waals surface area contributed by atoms with Crippen molar-refractivity contribution in [3.8, 4) is 5.88 Å². The van der Waals surface area contributed by atoms with Gasteiger partial charge in [0.1, 0.15) is 0 Å². The van der Waals surface area contributed by atoms with Gasteiger partial charge in [0.2, 0.25) is 11.8 Å². The number of rotatable bonds is 6. The molecule has 6 heteroatoms. The van der Waals surface area contributed by atoms with E-state index in [1.165, 1.54) is 6.20 Å². The Kier molecular flexibility index (Phi) is 5.79. The largest absolute Gasteiger partial charge is 0.481 e. The first-order valence-corrected chi connectivity index (χ1v) is 6.62. The van der Waals surface area contributed by atoms with Gasteiger partial charge < -0.3 is 15.8 Å². The Hall–Kier alpha value is -1.27. The van der Waals surface area contributed by atoms with Crippen LogP contribution in [0.2, 0.25) is 0 Å². The van der Waals surface area contributed by atoms with Crippen LogP contribution in [-0.4, -0.2) is 36.1 Å². The molecule has 0 unspecified atom stereocenters. The van der Waals surface area contributed by atoms with Crippen molar-refractivity contribution in [3.63, 3.8) is 0 Å². The van der Waals surface area contributed by atoms with E-state index in [9.17, 15) is 4.79 Å². The van der Waals surface area contributed by atoms with Gasteiger partial charge in [0, 0.05) is 6.07 Å². The number of carbonyl (C=O) groups is 1.